The van der Waals surface area contributed by atoms with Crippen molar-refractivity contribution in [3.63, 3.8) is 0 Å². The third kappa shape index (κ3) is 5.64. The second-order valence-corrected chi connectivity index (χ2v) is 10.1. The lowest BCUT2D eigenvalue weighted by Crippen LogP contribution is -2.25. The summed E-state index contributed by atoms with van der Waals surface area (Å²) in [5, 5.41) is 14.4. The fourth-order valence-electron chi connectivity index (χ4n) is 4.70. The van der Waals surface area contributed by atoms with E-state index in [0.29, 0.717) is 28.0 Å². The Kier molecular flexibility index (Phi) is 7.46. The second kappa shape index (κ2) is 11.1. The number of hydrogen-bond acceptors (Lipinski definition) is 5. The van der Waals surface area contributed by atoms with Gasteiger partial charge in [0.15, 0.2) is 0 Å². The number of ether oxygens (including phenoxy) is 1. The van der Waals surface area contributed by atoms with E-state index in [-0.39, 0.29) is 23.6 Å². The lowest BCUT2D eigenvalue weighted by Gasteiger charge is -2.22. The van der Waals surface area contributed by atoms with Crippen molar-refractivity contribution in [2.75, 3.05) is 0 Å². The van der Waals surface area contributed by atoms with Gasteiger partial charge < -0.3 is 9.84 Å². The lowest BCUT2D eigenvalue weighted by molar-refractivity contribution is 0.0696. The van der Waals surface area contributed by atoms with Gasteiger partial charge in [0.05, 0.1) is 22.7 Å². The smallest absolute Gasteiger partial charge is 0.335 e. The van der Waals surface area contributed by atoms with E-state index < -0.39 is 5.97 Å². The van der Waals surface area contributed by atoms with Crippen LogP contribution in [0.1, 0.15) is 65.3 Å². The van der Waals surface area contributed by atoms with Crippen LogP contribution in [0.5, 0.6) is 5.75 Å². The summed E-state index contributed by atoms with van der Waals surface area (Å²) in [5.74, 6) is 0.459. The maximum atomic E-state index is 13.5. The Morgan fingerprint density at radius 3 is 2.70 bits per heavy atom. The van der Waals surface area contributed by atoms with Crippen molar-refractivity contribution in [1.29, 1.82) is 0 Å². The fourth-order valence-corrected chi connectivity index (χ4v) is 5.08. The van der Waals surface area contributed by atoms with Gasteiger partial charge in [0.2, 0.25) is 0 Å². The molecule has 0 amide bonds. The lowest BCUT2D eigenvalue weighted by atomic mass is 9.88. The predicted molar refractivity (Wildman–Crippen MR) is 147 cm³/mol. The topological polar surface area (TPSA) is 93.8 Å². The molecule has 0 unspecified atom stereocenters. The number of fused-ring (bicyclic) bond motifs is 1. The summed E-state index contributed by atoms with van der Waals surface area (Å²) >= 11 is 3.50. The molecule has 0 spiro atoms. The van der Waals surface area contributed by atoms with Crippen molar-refractivity contribution in [2.24, 2.45) is 5.10 Å². The molecule has 188 valence electrons. The second-order valence-electron chi connectivity index (χ2n) is 9.16. The molecule has 1 heterocycles. The van der Waals surface area contributed by atoms with Gasteiger partial charge in [-0.1, -0.05) is 59.5 Å². The van der Waals surface area contributed by atoms with Gasteiger partial charge in [-0.3, -0.25) is 4.79 Å². The van der Waals surface area contributed by atoms with Crippen LogP contribution >= 0.6 is 15.9 Å². The van der Waals surface area contributed by atoms with E-state index in [1.54, 1.807) is 30.5 Å². The van der Waals surface area contributed by atoms with Crippen LogP contribution in [0.4, 0.5) is 0 Å². The first-order valence-corrected chi connectivity index (χ1v) is 13.1. The monoisotopic (exact) mass is 559 g/mol. The Morgan fingerprint density at radius 2 is 1.89 bits per heavy atom. The highest BCUT2D eigenvalue weighted by Gasteiger charge is 2.22. The standard InChI is InChI=1S/C29H26BrN3O4/c30-23-13-14-26(37-18-19-7-6-10-21(15-19)29(35)36)22(16-23)17-31-33-27(20-8-2-1-3-9-20)32-25-12-5-4-11-24(25)28(33)34/h4-7,10-17,20H,1-3,8-9,18H2,(H,35,36). The third-order valence-corrected chi connectivity index (χ3v) is 7.09. The molecule has 5 rings (SSSR count). The van der Waals surface area contributed by atoms with Crippen molar-refractivity contribution in [3.8, 4) is 5.75 Å². The van der Waals surface area contributed by atoms with Gasteiger partial charge in [-0.15, -0.1) is 0 Å². The largest absolute Gasteiger partial charge is 0.488 e. The van der Waals surface area contributed by atoms with E-state index in [1.807, 2.05) is 42.5 Å². The summed E-state index contributed by atoms with van der Waals surface area (Å²) in [6.45, 7) is 0.189. The highest BCUT2D eigenvalue weighted by Crippen LogP contribution is 2.32. The summed E-state index contributed by atoms with van der Waals surface area (Å²) in [5.41, 5.74) is 2.12. The minimum atomic E-state index is -0.985. The van der Waals surface area contributed by atoms with E-state index >= 15 is 0 Å². The van der Waals surface area contributed by atoms with E-state index in [1.165, 1.54) is 11.1 Å². The molecule has 7 nitrogen and oxygen atoms in total. The number of nitrogens with zero attached hydrogens (tertiary/aromatic N) is 3. The summed E-state index contributed by atoms with van der Waals surface area (Å²) in [6.07, 6.45) is 7.03. The Balaban J connectivity index is 1.50. The summed E-state index contributed by atoms with van der Waals surface area (Å²) in [6, 6.07) is 19.6. The Bertz CT molecular complexity index is 1540. The van der Waals surface area contributed by atoms with Crippen LogP contribution < -0.4 is 10.3 Å². The van der Waals surface area contributed by atoms with Crippen LogP contribution in [-0.4, -0.2) is 27.0 Å². The molecule has 1 saturated carbocycles. The number of para-hydroxylation sites is 1. The number of rotatable bonds is 7. The first-order chi connectivity index (χ1) is 18.0. The maximum Gasteiger partial charge on any atom is 0.335 e. The molecule has 0 radical (unpaired) electrons. The molecule has 1 aliphatic carbocycles. The number of halogens is 1. The molecular weight excluding hydrogens is 534 g/mol. The average molecular weight is 560 g/mol. The van der Waals surface area contributed by atoms with E-state index in [4.69, 9.17) is 9.72 Å². The van der Waals surface area contributed by atoms with Gasteiger partial charge >= 0.3 is 5.97 Å². The fraction of sp³-hybridized carbons (Fsp3) is 0.241. The highest BCUT2D eigenvalue weighted by molar-refractivity contribution is 9.10. The zero-order valence-corrected chi connectivity index (χ0v) is 21.7. The Morgan fingerprint density at radius 1 is 1.08 bits per heavy atom. The van der Waals surface area contributed by atoms with Crippen LogP contribution in [0.2, 0.25) is 0 Å². The summed E-state index contributed by atoms with van der Waals surface area (Å²) < 4.78 is 8.32. The van der Waals surface area contributed by atoms with Crippen molar-refractivity contribution in [1.82, 2.24) is 9.66 Å². The molecule has 1 N–H and O–H groups in total. The number of benzene rings is 3. The highest BCUT2D eigenvalue weighted by atomic mass is 79.9. The molecule has 8 heteroatoms. The van der Waals surface area contributed by atoms with Gasteiger partial charge in [-0.05, 0) is 60.9 Å². The zero-order chi connectivity index (χ0) is 25.8. The molecule has 1 aromatic heterocycles. The minimum Gasteiger partial charge on any atom is -0.488 e. The molecule has 0 atom stereocenters. The molecule has 4 aromatic rings. The van der Waals surface area contributed by atoms with Gasteiger partial charge in [-0.2, -0.15) is 9.78 Å². The number of carboxylic acid groups (broad SMARTS) is 1. The molecule has 1 aliphatic rings. The predicted octanol–water partition coefficient (Wildman–Crippen LogP) is 6.37. The van der Waals surface area contributed by atoms with Crippen LogP contribution in [0.3, 0.4) is 0 Å². The number of aromatic nitrogens is 2. The van der Waals surface area contributed by atoms with Crippen molar-refractivity contribution in [3.05, 3.63) is 104 Å². The number of carboxylic acids is 1. The van der Waals surface area contributed by atoms with E-state index in [2.05, 4.69) is 21.0 Å². The van der Waals surface area contributed by atoms with E-state index in [9.17, 15) is 14.7 Å². The van der Waals surface area contributed by atoms with Gasteiger partial charge in [0.25, 0.3) is 5.56 Å². The normalized spacial score (nSPS) is 14.3. The van der Waals surface area contributed by atoms with Gasteiger partial charge in [0.1, 0.15) is 18.2 Å². The molecule has 0 saturated heterocycles. The molecule has 3 aromatic carbocycles. The van der Waals surface area contributed by atoms with Crippen molar-refractivity contribution >= 4 is 39.0 Å². The first kappa shape index (κ1) is 24.9. The van der Waals surface area contributed by atoms with Gasteiger partial charge in [-0.25, -0.2) is 9.78 Å². The summed E-state index contributed by atoms with van der Waals surface area (Å²) in [4.78, 5) is 29.6. The Labute approximate surface area is 222 Å². The number of carbonyl (C=O) groups is 1. The first-order valence-electron chi connectivity index (χ1n) is 12.3. The van der Waals surface area contributed by atoms with Crippen molar-refractivity contribution in [2.45, 2.75) is 44.6 Å². The number of hydrogen-bond donors (Lipinski definition) is 1. The third-order valence-electron chi connectivity index (χ3n) is 6.60. The molecular formula is C29H26BrN3O4. The summed E-state index contributed by atoms with van der Waals surface area (Å²) in [7, 11) is 0. The average Bonchev–Trinajstić information content (AvgIpc) is 2.92. The maximum absolute atomic E-state index is 13.5. The quantitative estimate of drug-likeness (QED) is 0.265. The molecule has 37 heavy (non-hydrogen) atoms. The molecule has 0 aliphatic heterocycles. The van der Waals surface area contributed by atoms with Crippen LogP contribution in [0.15, 0.2) is 81.1 Å². The van der Waals surface area contributed by atoms with Crippen LogP contribution in [-0.2, 0) is 6.61 Å². The molecule has 0 bridgehead atoms. The van der Waals surface area contributed by atoms with E-state index in [0.717, 1.165) is 35.7 Å². The molecule has 1 fully saturated rings. The van der Waals surface area contributed by atoms with Crippen LogP contribution in [0, 0.1) is 0 Å². The van der Waals surface area contributed by atoms with Crippen LogP contribution in [0.25, 0.3) is 10.9 Å². The minimum absolute atomic E-state index is 0.183. The van der Waals surface area contributed by atoms with Gasteiger partial charge in [0, 0.05) is 16.0 Å². The Hall–Kier alpha value is -3.78. The zero-order valence-electron chi connectivity index (χ0n) is 20.1. The number of aromatic carboxylic acids is 1. The SMILES string of the molecule is O=C(O)c1cccc(COc2ccc(Br)cc2C=Nn2c(C3CCCCC3)nc3ccccc3c2=O)c1. The van der Waals surface area contributed by atoms with Crippen molar-refractivity contribution < 1.29 is 14.6 Å².